The topological polar surface area (TPSA) is 57.7 Å². The van der Waals surface area contributed by atoms with Gasteiger partial charge < -0.3 is 4.90 Å². The van der Waals surface area contributed by atoms with Gasteiger partial charge >= 0.3 is 0 Å². The SMILES string of the molecule is Cc1ccc(C)c(SCC(=O)N2CCN(S(C)(=O)=O)CC2)c1. The second-order valence-corrected chi connectivity index (χ2v) is 8.60. The average Bonchev–Trinajstić information content (AvgIpc) is 2.47. The van der Waals surface area contributed by atoms with Crippen LogP contribution in [0.3, 0.4) is 0 Å². The fourth-order valence-electron chi connectivity index (χ4n) is 2.36. The maximum absolute atomic E-state index is 12.3. The number of piperazine rings is 1. The Kier molecular flexibility index (Phi) is 5.52. The van der Waals surface area contributed by atoms with E-state index < -0.39 is 10.0 Å². The minimum atomic E-state index is -3.15. The minimum absolute atomic E-state index is 0.0686. The number of amides is 1. The van der Waals surface area contributed by atoms with Gasteiger partial charge in [-0.2, -0.15) is 4.31 Å². The zero-order valence-corrected chi connectivity index (χ0v) is 14.8. The Balaban J connectivity index is 1.87. The largest absolute Gasteiger partial charge is 0.339 e. The maximum atomic E-state index is 12.3. The molecule has 122 valence electrons. The van der Waals surface area contributed by atoms with Crippen LogP contribution in [-0.2, 0) is 14.8 Å². The first-order chi connectivity index (χ1) is 10.3. The molecule has 0 saturated carbocycles. The molecule has 1 aliphatic rings. The lowest BCUT2D eigenvalue weighted by atomic mass is 10.2. The van der Waals surface area contributed by atoms with Crippen molar-refractivity contribution in [2.24, 2.45) is 0 Å². The zero-order valence-electron chi connectivity index (χ0n) is 13.2. The van der Waals surface area contributed by atoms with Crippen molar-refractivity contribution < 1.29 is 13.2 Å². The number of hydrogen-bond donors (Lipinski definition) is 0. The molecule has 1 aliphatic heterocycles. The molecule has 0 unspecified atom stereocenters. The van der Waals surface area contributed by atoms with E-state index in [2.05, 4.69) is 18.2 Å². The highest BCUT2D eigenvalue weighted by molar-refractivity contribution is 8.00. The highest BCUT2D eigenvalue weighted by Crippen LogP contribution is 2.24. The summed E-state index contributed by atoms with van der Waals surface area (Å²) in [4.78, 5) is 15.1. The molecule has 0 bridgehead atoms. The van der Waals surface area contributed by atoms with E-state index in [1.54, 1.807) is 16.7 Å². The van der Waals surface area contributed by atoms with Gasteiger partial charge in [-0.25, -0.2) is 8.42 Å². The van der Waals surface area contributed by atoms with E-state index in [4.69, 9.17) is 0 Å². The molecule has 1 aromatic rings. The van der Waals surface area contributed by atoms with Gasteiger partial charge in [0.05, 0.1) is 12.0 Å². The quantitative estimate of drug-likeness (QED) is 0.778. The third kappa shape index (κ3) is 4.47. The Morgan fingerprint density at radius 2 is 1.82 bits per heavy atom. The van der Waals surface area contributed by atoms with Crippen LogP contribution in [0.5, 0.6) is 0 Å². The number of carbonyl (C=O) groups is 1. The third-order valence-corrected chi connectivity index (χ3v) is 6.20. The first kappa shape index (κ1) is 17.3. The first-order valence-corrected chi connectivity index (χ1v) is 10.0. The first-order valence-electron chi connectivity index (χ1n) is 7.20. The molecule has 1 saturated heterocycles. The Hall–Kier alpha value is -1.05. The summed E-state index contributed by atoms with van der Waals surface area (Å²) in [6.45, 7) is 5.79. The normalized spacial score (nSPS) is 16.8. The minimum Gasteiger partial charge on any atom is -0.339 e. The number of sulfonamides is 1. The van der Waals surface area contributed by atoms with E-state index in [0.717, 1.165) is 4.90 Å². The van der Waals surface area contributed by atoms with Gasteiger partial charge in [0.2, 0.25) is 15.9 Å². The van der Waals surface area contributed by atoms with E-state index in [-0.39, 0.29) is 5.91 Å². The van der Waals surface area contributed by atoms with Gasteiger partial charge in [-0.3, -0.25) is 4.79 Å². The predicted octanol–water partition coefficient (Wildman–Crippen LogP) is 1.50. The second kappa shape index (κ2) is 7.02. The number of carbonyl (C=O) groups excluding carboxylic acids is 1. The van der Waals surface area contributed by atoms with Crippen LogP contribution in [0, 0.1) is 13.8 Å². The number of nitrogens with zero attached hydrogens (tertiary/aromatic N) is 2. The number of hydrogen-bond acceptors (Lipinski definition) is 4. The predicted molar refractivity (Wildman–Crippen MR) is 89.6 cm³/mol. The Morgan fingerprint density at radius 1 is 1.18 bits per heavy atom. The molecule has 0 spiro atoms. The van der Waals surface area contributed by atoms with Crippen LogP contribution in [-0.4, -0.2) is 61.7 Å². The summed E-state index contributed by atoms with van der Waals surface area (Å²) in [5.74, 6) is 0.461. The summed E-state index contributed by atoms with van der Waals surface area (Å²) in [5, 5.41) is 0. The molecule has 1 heterocycles. The number of rotatable bonds is 4. The molecule has 1 fully saturated rings. The van der Waals surface area contributed by atoms with Crippen LogP contribution in [0.15, 0.2) is 23.1 Å². The van der Waals surface area contributed by atoms with Crippen molar-refractivity contribution in [2.75, 3.05) is 38.2 Å². The highest BCUT2D eigenvalue weighted by Gasteiger charge is 2.25. The number of benzene rings is 1. The van der Waals surface area contributed by atoms with E-state index >= 15 is 0 Å². The highest BCUT2D eigenvalue weighted by atomic mass is 32.2. The molecule has 0 radical (unpaired) electrons. The van der Waals surface area contributed by atoms with Gasteiger partial charge in [0.25, 0.3) is 0 Å². The van der Waals surface area contributed by atoms with Crippen molar-refractivity contribution in [3.05, 3.63) is 29.3 Å². The molecular weight excluding hydrogens is 320 g/mol. The van der Waals surface area contributed by atoms with Crippen molar-refractivity contribution in [1.29, 1.82) is 0 Å². The van der Waals surface area contributed by atoms with Gasteiger partial charge in [0.1, 0.15) is 0 Å². The van der Waals surface area contributed by atoms with E-state index in [9.17, 15) is 13.2 Å². The summed E-state index contributed by atoms with van der Waals surface area (Å²) in [5.41, 5.74) is 2.35. The molecule has 0 atom stereocenters. The molecule has 2 rings (SSSR count). The van der Waals surface area contributed by atoms with Gasteiger partial charge in [-0.05, 0) is 25.5 Å². The fourth-order valence-corrected chi connectivity index (χ4v) is 4.22. The lowest BCUT2D eigenvalue weighted by Gasteiger charge is -2.33. The Bertz CT molecular complexity index is 651. The molecule has 5 nitrogen and oxygen atoms in total. The summed E-state index contributed by atoms with van der Waals surface area (Å²) in [6, 6.07) is 6.22. The summed E-state index contributed by atoms with van der Waals surface area (Å²) in [7, 11) is -3.15. The van der Waals surface area contributed by atoms with E-state index in [0.29, 0.717) is 31.9 Å². The lowest BCUT2D eigenvalue weighted by Crippen LogP contribution is -2.50. The zero-order chi connectivity index (χ0) is 16.3. The molecular formula is C15H22N2O3S2. The lowest BCUT2D eigenvalue weighted by molar-refractivity contribution is -0.129. The van der Waals surface area contributed by atoms with Gasteiger partial charge in [-0.15, -0.1) is 11.8 Å². The molecule has 0 aromatic heterocycles. The number of thioether (sulfide) groups is 1. The van der Waals surface area contributed by atoms with Gasteiger partial charge in [-0.1, -0.05) is 17.7 Å². The van der Waals surface area contributed by atoms with Crippen molar-refractivity contribution >= 4 is 27.7 Å². The van der Waals surface area contributed by atoms with E-state index in [1.807, 2.05) is 13.8 Å². The fraction of sp³-hybridized carbons (Fsp3) is 0.533. The van der Waals surface area contributed by atoms with Crippen molar-refractivity contribution in [1.82, 2.24) is 9.21 Å². The smallest absolute Gasteiger partial charge is 0.233 e. The summed E-state index contributed by atoms with van der Waals surface area (Å²) in [6.07, 6.45) is 1.21. The standard InChI is InChI=1S/C15H22N2O3S2/c1-12-4-5-13(2)14(10-12)21-11-15(18)16-6-8-17(9-7-16)22(3,19)20/h4-5,10H,6-9,11H2,1-3H3. The molecule has 1 amide bonds. The van der Waals surface area contributed by atoms with Crippen LogP contribution in [0.4, 0.5) is 0 Å². The van der Waals surface area contributed by atoms with Crippen LogP contribution in [0.25, 0.3) is 0 Å². The summed E-state index contributed by atoms with van der Waals surface area (Å²) >= 11 is 1.55. The van der Waals surface area contributed by atoms with Crippen molar-refractivity contribution in [3.63, 3.8) is 0 Å². The van der Waals surface area contributed by atoms with Crippen molar-refractivity contribution in [3.8, 4) is 0 Å². The van der Waals surface area contributed by atoms with Crippen LogP contribution in [0.2, 0.25) is 0 Å². The van der Waals surface area contributed by atoms with Crippen LogP contribution >= 0.6 is 11.8 Å². The van der Waals surface area contributed by atoms with Crippen LogP contribution in [0.1, 0.15) is 11.1 Å². The Morgan fingerprint density at radius 3 is 2.41 bits per heavy atom. The van der Waals surface area contributed by atoms with Crippen LogP contribution < -0.4 is 0 Å². The summed E-state index contributed by atoms with van der Waals surface area (Å²) < 4.78 is 24.3. The second-order valence-electron chi connectivity index (χ2n) is 5.60. The monoisotopic (exact) mass is 342 g/mol. The average molecular weight is 342 g/mol. The van der Waals surface area contributed by atoms with Gasteiger partial charge in [0, 0.05) is 31.1 Å². The van der Waals surface area contributed by atoms with Gasteiger partial charge in [0.15, 0.2) is 0 Å². The Labute approximate surface area is 136 Å². The molecule has 0 N–H and O–H groups in total. The molecule has 22 heavy (non-hydrogen) atoms. The third-order valence-electron chi connectivity index (χ3n) is 3.76. The maximum Gasteiger partial charge on any atom is 0.233 e. The molecule has 1 aromatic carbocycles. The number of aryl methyl sites for hydroxylation is 2. The van der Waals surface area contributed by atoms with E-state index in [1.165, 1.54) is 21.7 Å². The molecule has 7 heteroatoms. The molecule has 0 aliphatic carbocycles. The van der Waals surface area contributed by atoms with Crippen molar-refractivity contribution in [2.45, 2.75) is 18.7 Å².